The molecule has 35 heavy (non-hydrogen) atoms. The molecule has 0 aromatic heterocycles. The highest BCUT2D eigenvalue weighted by atomic mass is 32.2. The van der Waals surface area contributed by atoms with Crippen LogP contribution in [0.15, 0.2) is 47.4 Å². The molecule has 186 valence electrons. The zero-order valence-corrected chi connectivity index (χ0v) is 20.2. The second-order valence-electron chi connectivity index (χ2n) is 9.23. The molecule has 5 rings (SSSR count). The first-order chi connectivity index (χ1) is 16.8. The number of amides is 4. The standard InChI is InChI=1S/C24H29N5O5S/c30-22(27-9-3-4-10-27)16-21-23(31)29(24(32)25-21)17-26-11-13-28(14-12-26)35(33,34)20-8-7-18-5-1-2-6-19(18)15-20/h1-2,5-8,15,21H,3-4,9-14,16-17H2,(H,25,32). The van der Waals surface area contributed by atoms with Gasteiger partial charge in [0.1, 0.15) is 6.04 Å². The van der Waals surface area contributed by atoms with Crippen LogP contribution in [0.3, 0.4) is 0 Å². The van der Waals surface area contributed by atoms with E-state index in [1.165, 1.54) is 4.31 Å². The van der Waals surface area contributed by atoms with Gasteiger partial charge in [0, 0.05) is 39.3 Å². The molecule has 3 heterocycles. The molecule has 2 aromatic rings. The van der Waals surface area contributed by atoms with Crippen LogP contribution in [0, 0.1) is 0 Å². The summed E-state index contributed by atoms with van der Waals surface area (Å²) < 4.78 is 27.8. The van der Waals surface area contributed by atoms with Crippen LogP contribution < -0.4 is 5.32 Å². The summed E-state index contributed by atoms with van der Waals surface area (Å²) in [6.45, 7) is 2.77. The molecule has 4 amide bonds. The van der Waals surface area contributed by atoms with E-state index in [1.54, 1.807) is 23.1 Å². The fourth-order valence-corrected chi connectivity index (χ4v) is 6.37. The van der Waals surface area contributed by atoms with Crippen LogP contribution in [-0.4, -0.2) is 97.2 Å². The second-order valence-corrected chi connectivity index (χ2v) is 11.2. The van der Waals surface area contributed by atoms with Gasteiger partial charge in [-0.15, -0.1) is 0 Å². The average molecular weight is 500 g/mol. The van der Waals surface area contributed by atoms with Crippen molar-refractivity contribution in [3.05, 3.63) is 42.5 Å². The molecular weight excluding hydrogens is 470 g/mol. The Bertz CT molecular complexity index is 1250. The molecule has 0 spiro atoms. The maximum Gasteiger partial charge on any atom is 0.325 e. The molecule has 3 aliphatic heterocycles. The van der Waals surface area contributed by atoms with Gasteiger partial charge in [-0.05, 0) is 35.7 Å². The van der Waals surface area contributed by atoms with Crippen molar-refractivity contribution >= 4 is 38.6 Å². The molecule has 1 atom stereocenters. The van der Waals surface area contributed by atoms with E-state index in [1.807, 2.05) is 29.2 Å². The maximum atomic E-state index is 13.2. The van der Waals surface area contributed by atoms with E-state index in [0.717, 1.165) is 28.5 Å². The van der Waals surface area contributed by atoms with E-state index >= 15 is 0 Å². The lowest BCUT2D eigenvalue weighted by Crippen LogP contribution is -2.52. The van der Waals surface area contributed by atoms with Crippen molar-refractivity contribution < 1.29 is 22.8 Å². The van der Waals surface area contributed by atoms with E-state index in [-0.39, 0.29) is 37.0 Å². The Kier molecular flexibility index (Phi) is 6.47. The van der Waals surface area contributed by atoms with Gasteiger partial charge in [0.05, 0.1) is 18.0 Å². The molecule has 0 aliphatic carbocycles. The summed E-state index contributed by atoms with van der Waals surface area (Å²) in [6, 6.07) is 11.4. The van der Waals surface area contributed by atoms with Gasteiger partial charge < -0.3 is 10.2 Å². The van der Waals surface area contributed by atoms with E-state index < -0.39 is 28.0 Å². The van der Waals surface area contributed by atoms with Crippen molar-refractivity contribution in [3.63, 3.8) is 0 Å². The number of nitrogens with zero attached hydrogens (tertiary/aromatic N) is 4. The smallest absolute Gasteiger partial charge is 0.325 e. The first-order valence-corrected chi connectivity index (χ1v) is 13.4. The average Bonchev–Trinajstić information content (AvgIpc) is 3.49. The van der Waals surface area contributed by atoms with Gasteiger partial charge >= 0.3 is 6.03 Å². The zero-order chi connectivity index (χ0) is 24.6. The zero-order valence-electron chi connectivity index (χ0n) is 19.4. The maximum absolute atomic E-state index is 13.2. The van der Waals surface area contributed by atoms with Crippen molar-refractivity contribution in [1.82, 2.24) is 24.3 Å². The van der Waals surface area contributed by atoms with E-state index in [4.69, 9.17) is 0 Å². The third kappa shape index (κ3) is 4.75. The van der Waals surface area contributed by atoms with Crippen molar-refractivity contribution in [2.24, 2.45) is 0 Å². The number of hydrogen-bond acceptors (Lipinski definition) is 6. The number of carbonyl (C=O) groups excluding carboxylic acids is 3. The van der Waals surface area contributed by atoms with E-state index in [2.05, 4.69) is 5.32 Å². The summed E-state index contributed by atoms with van der Waals surface area (Å²) in [5.74, 6) is -0.524. The quantitative estimate of drug-likeness (QED) is 0.595. The number of piperazine rings is 1. The van der Waals surface area contributed by atoms with Crippen LogP contribution in [0.2, 0.25) is 0 Å². The Labute approximate surface area is 204 Å². The van der Waals surface area contributed by atoms with Crippen LogP contribution in [0.1, 0.15) is 19.3 Å². The predicted molar refractivity (Wildman–Crippen MR) is 129 cm³/mol. The van der Waals surface area contributed by atoms with Gasteiger partial charge in [0.2, 0.25) is 15.9 Å². The van der Waals surface area contributed by atoms with Gasteiger partial charge in [-0.3, -0.25) is 14.5 Å². The Morgan fingerprint density at radius 3 is 2.31 bits per heavy atom. The van der Waals surface area contributed by atoms with Gasteiger partial charge in [0.25, 0.3) is 5.91 Å². The van der Waals surface area contributed by atoms with Crippen LogP contribution in [0.5, 0.6) is 0 Å². The molecule has 3 saturated heterocycles. The molecular formula is C24H29N5O5S. The number of imide groups is 1. The van der Waals surface area contributed by atoms with Crippen molar-refractivity contribution in [3.8, 4) is 0 Å². The van der Waals surface area contributed by atoms with Crippen LogP contribution in [0.4, 0.5) is 4.79 Å². The first-order valence-electron chi connectivity index (χ1n) is 11.9. The summed E-state index contributed by atoms with van der Waals surface area (Å²) in [4.78, 5) is 42.6. The van der Waals surface area contributed by atoms with E-state index in [9.17, 15) is 22.8 Å². The summed E-state index contributed by atoms with van der Waals surface area (Å²) in [7, 11) is -3.65. The van der Waals surface area contributed by atoms with Crippen LogP contribution in [-0.2, 0) is 19.6 Å². The number of carbonyl (C=O) groups is 3. The van der Waals surface area contributed by atoms with Gasteiger partial charge in [-0.25, -0.2) is 18.1 Å². The minimum absolute atomic E-state index is 0.0289. The van der Waals surface area contributed by atoms with Crippen LogP contribution >= 0.6 is 0 Å². The fourth-order valence-electron chi connectivity index (χ4n) is 4.91. The number of rotatable bonds is 6. The number of nitrogens with one attached hydrogen (secondary N) is 1. The SMILES string of the molecule is O=C(CC1NC(=O)N(CN2CCN(S(=O)(=O)c3ccc4ccccc4c3)CC2)C1=O)N1CCCC1. The topological polar surface area (TPSA) is 110 Å². The summed E-state index contributed by atoms with van der Waals surface area (Å²) >= 11 is 0. The number of sulfonamides is 1. The summed E-state index contributed by atoms with van der Waals surface area (Å²) in [5, 5.41) is 4.47. The van der Waals surface area contributed by atoms with Gasteiger partial charge in [0.15, 0.2) is 0 Å². The Morgan fingerprint density at radius 2 is 1.60 bits per heavy atom. The number of likely N-dealkylation sites (tertiary alicyclic amines) is 1. The van der Waals surface area contributed by atoms with Crippen LogP contribution in [0.25, 0.3) is 10.8 Å². The minimum atomic E-state index is -3.65. The number of hydrogen-bond donors (Lipinski definition) is 1. The highest BCUT2D eigenvalue weighted by Crippen LogP contribution is 2.23. The van der Waals surface area contributed by atoms with Crippen molar-refractivity contribution in [2.45, 2.75) is 30.2 Å². The molecule has 1 N–H and O–H groups in total. The summed E-state index contributed by atoms with van der Waals surface area (Å²) in [5.41, 5.74) is 0. The largest absolute Gasteiger partial charge is 0.343 e. The number of fused-ring (bicyclic) bond motifs is 1. The van der Waals surface area contributed by atoms with Crippen molar-refractivity contribution in [1.29, 1.82) is 0 Å². The molecule has 3 aliphatic rings. The lowest BCUT2D eigenvalue weighted by molar-refractivity contribution is -0.135. The Hall–Kier alpha value is -3.02. The second kappa shape index (κ2) is 9.56. The number of urea groups is 1. The minimum Gasteiger partial charge on any atom is -0.343 e. The highest BCUT2D eigenvalue weighted by Gasteiger charge is 2.41. The molecule has 3 fully saturated rings. The fraction of sp³-hybridized carbons (Fsp3) is 0.458. The lowest BCUT2D eigenvalue weighted by Gasteiger charge is -2.35. The first kappa shape index (κ1) is 23.7. The molecule has 2 aromatic carbocycles. The highest BCUT2D eigenvalue weighted by molar-refractivity contribution is 7.89. The molecule has 0 saturated carbocycles. The Balaban J connectivity index is 1.17. The molecule has 0 bridgehead atoms. The lowest BCUT2D eigenvalue weighted by atomic mass is 10.1. The molecule has 1 unspecified atom stereocenters. The normalized spacial score (nSPS) is 22.2. The third-order valence-electron chi connectivity index (χ3n) is 6.98. The molecule has 10 nitrogen and oxygen atoms in total. The molecule has 11 heteroatoms. The van der Waals surface area contributed by atoms with Crippen molar-refractivity contribution in [2.75, 3.05) is 45.9 Å². The molecule has 0 radical (unpaired) electrons. The monoisotopic (exact) mass is 499 g/mol. The predicted octanol–water partition coefficient (Wildman–Crippen LogP) is 1.04. The van der Waals surface area contributed by atoms with Gasteiger partial charge in [-0.1, -0.05) is 30.3 Å². The Morgan fingerprint density at radius 1 is 0.914 bits per heavy atom. The summed E-state index contributed by atoms with van der Waals surface area (Å²) in [6.07, 6.45) is 1.90. The number of benzene rings is 2. The van der Waals surface area contributed by atoms with E-state index in [0.29, 0.717) is 26.2 Å². The van der Waals surface area contributed by atoms with Gasteiger partial charge in [-0.2, -0.15) is 4.31 Å². The third-order valence-corrected chi connectivity index (χ3v) is 8.87.